The van der Waals surface area contributed by atoms with Crippen molar-refractivity contribution >= 4 is 23.4 Å². The molecule has 4 heteroatoms. The van der Waals surface area contributed by atoms with Gasteiger partial charge in [0, 0.05) is 23.1 Å². The van der Waals surface area contributed by atoms with E-state index in [2.05, 4.69) is 17.2 Å². The minimum atomic E-state index is -0.0441. The van der Waals surface area contributed by atoms with Crippen LogP contribution in [0.25, 0.3) is 0 Å². The molecule has 104 valence electrons. The predicted octanol–water partition coefficient (Wildman–Crippen LogP) is 3.15. The van der Waals surface area contributed by atoms with Crippen LogP contribution < -0.4 is 10.6 Å². The zero-order valence-electron chi connectivity index (χ0n) is 11.6. The van der Waals surface area contributed by atoms with Crippen molar-refractivity contribution in [2.24, 2.45) is 5.92 Å². The van der Waals surface area contributed by atoms with E-state index >= 15 is 0 Å². The van der Waals surface area contributed by atoms with E-state index in [0.29, 0.717) is 6.54 Å². The summed E-state index contributed by atoms with van der Waals surface area (Å²) in [6.07, 6.45) is 1.86. The molecule has 0 saturated heterocycles. The quantitative estimate of drug-likeness (QED) is 0.567. The van der Waals surface area contributed by atoms with Gasteiger partial charge in [0.15, 0.2) is 0 Å². The number of thioether (sulfide) groups is 1. The van der Waals surface area contributed by atoms with Gasteiger partial charge < -0.3 is 10.6 Å². The number of rotatable bonds is 8. The Morgan fingerprint density at radius 1 is 1.47 bits per heavy atom. The molecule has 2 N–H and O–H groups in total. The minimum Gasteiger partial charge on any atom is -0.325 e. The number of para-hydroxylation sites is 1. The molecular formula is C15H22N2OS. The first-order chi connectivity index (χ1) is 9.19. The first kappa shape index (κ1) is 15.8. The van der Waals surface area contributed by atoms with Gasteiger partial charge >= 0.3 is 0 Å². The summed E-state index contributed by atoms with van der Waals surface area (Å²) in [5.74, 6) is 0.838. The molecular weight excluding hydrogens is 256 g/mol. The van der Waals surface area contributed by atoms with Gasteiger partial charge in [0.25, 0.3) is 0 Å². The van der Waals surface area contributed by atoms with Crippen LogP contribution in [0, 0.1) is 5.92 Å². The smallest absolute Gasteiger partial charge is 0.228 e. The Kier molecular flexibility index (Phi) is 7.30. The van der Waals surface area contributed by atoms with Gasteiger partial charge in [0.2, 0.25) is 5.91 Å². The summed E-state index contributed by atoms with van der Waals surface area (Å²) in [5.41, 5.74) is 0.877. The third kappa shape index (κ3) is 5.49. The molecule has 0 radical (unpaired) electrons. The third-order valence-electron chi connectivity index (χ3n) is 2.65. The Morgan fingerprint density at radius 3 is 2.89 bits per heavy atom. The van der Waals surface area contributed by atoms with Crippen molar-refractivity contribution in [1.82, 2.24) is 5.32 Å². The summed E-state index contributed by atoms with van der Waals surface area (Å²) in [7, 11) is 0. The maximum Gasteiger partial charge on any atom is 0.228 e. The van der Waals surface area contributed by atoms with Crippen molar-refractivity contribution in [3.63, 3.8) is 0 Å². The van der Waals surface area contributed by atoms with Crippen LogP contribution in [-0.2, 0) is 4.79 Å². The maximum absolute atomic E-state index is 12.1. The second-order valence-corrected chi connectivity index (χ2v) is 5.36. The van der Waals surface area contributed by atoms with Crippen molar-refractivity contribution in [1.29, 1.82) is 0 Å². The second-order valence-electron chi connectivity index (χ2n) is 4.29. The van der Waals surface area contributed by atoms with Crippen molar-refractivity contribution in [3.05, 3.63) is 36.9 Å². The molecule has 1 amide bonds. The molecule has 1 aromatic carbocycles. The van der Waals surface area contributed by atoms with Gasteiger partial charge in [0.1, 0.15) is 0 Å². The van der Waals surface area contributed by atoms with E-state index in [1.807, 2.05) is 44.2 Å². The lowest BCUT2D eigenvalue weighted by molar-refractivity contribution is -0.119. The molecule has 1 atom stereocenters. The molecule has 19 heavy (non-hydrogen) atoms. The molecule has 1 aromatic rings. The molecule has 0 fully saturated rings. The van der Waals surface area contributed by atoms with E-state index in [9.17, 15) is 4.79 Å². The molecule has 1 unspecified atom stereocenters. The van der Waals surface area contributed by atoms with Gasteiger partial charge in [-0.05, 0) is 18.7 Å². The molecule has 3 nitrogen and oxygen atoms in total. The SMILES string of the molecule is C=CCSc1ccccc1NC(=O)C(C)CNCC. The lowest BCUT2D eigenvalue weighted by Crippen LogP contribution is -2.30. The molecule has 0 saturated carbocycles. The van der Waals surface area contributed by atoms with Gasteiger partial charge in [-0.1, -0.05) is 32.1 Å². The topological polar surface area (TPSA) is 41.1 Å². The molecule has 0 spiro atoms. The summed E-state index contributed by atoms with van der Waals surface area (Å²) in [6, 6.07) is 7.85. The molecule has 0 bridgehead atoms. The van der Waals surface area contributed by atoms with Crippen molar-refractivity contribution in [2.45, 2.75) is 18.7 Å². The zero-order chi connectivity index (χ0) is 14.1. The highest BCUT2D eigenvalue weighted by Crippen LogP contribution is 2.27. The first-order valence-corrected chi connectivity index (χ1v) is 7.51. The van der Waals surface area contributed by atoms with E-state index in [0.717, 1.165) is 22.9 Å². The zero-order valence-corrected chi connectivity index (χ0v) is 12.4. The minimum absolute atomic E-state index is 0.0441. The number of anilines is 1. The summed E-state index contributed by atoms with van der Waals surface area (Å²) in [4.78, 5) is 13.1. The van der Waals surface area contributed by atoms with E-state index < -0.39 is 0 Å². The van der Waals surface area contributed by atoms with Crippen LogP contribution >= 0.6 is 11.8 Å². The number of carbonyl (C=O) groups excluding carboxylic acids is 1. The average molecular weight is 278 g/mol. The van der Waals surface area contributed by atoms with Crippen LogP contribution in [-0.4, -0.2) is 24.7 Å². The number of hydrogen-bond donors (Lipinski definition) is 2. The van der Waals surface area contributed by atoms with E-state index in [1.165, 1.54) is 0 Å². The highest BCUT2D eigenvalue weighted by molar-refractivity contribution is 7.99. The molecule has 0 aliphatic rings. The number of amides is 1. The van der Waals surface area contributed by atoms with Gasteiger partial charge in [-0.2, -0.15) is 0 Å². The lowest BCUT2D eigenvalue weighted by Gasteiger charge is -2.14. The Bertz CT molecular complexity index is 420. The van der Waals surface area contributed by atoms with Gasteiger partial charge in [-0.25, -0.2) is 0 Å². The second kappa shape index (κ2) is 8.77. The fraction of sp³-hybridized carbons (Fsp3) is 0.400. The maximum atomic E-state index is 12.1. The van der Waals surface area contributed by atoms with E-state index in [-0.39, 0.29) is 11.8 Å². The first-order valence-electron chi connectivity index (χ1n) is 6.53. The van der Waals surface area contributed by atoms with Crippen molar-refractivity contribution < 1.29 is 4.79 Å². The van der Waals surface area contributed by atoms with Crippen molar-refractivity contribution in [2.75, 3.05) is 24.2 Å². The average Bonchev–Trinajstić information content (AvgIpc) is 2.43. The van der Waals surface area contributed by atoms with Gasteiger partial charge in [-0.15, -0.1) is 18.3 Å². The van der Waals surface area contributed by atoms with Crippen LogP contribution in [0.2, 0.25) is 0 Å². The van der Waals surface area contributed by atoms with Crippen LogP contribution in [0.15, 0.2) is 41.8 Å². The van der Waals surface area contributed by atoms with Crippen molar-refractivity contribution in [3.8, 4) is 0 Å². The van der Waals surface area contributed by atoms with Gasteiger partial charge in [-0.3, -0.25) is 4.79 Å². The van der Waals surface area contributed by atoms with Crippen LogP contribution in [0.3, 0.4) is 0 Å². The van der Waals surface area contributed by atoms with E-state index in [4.69, 9.17) is 0 Å². The lowest BCUT2D eigenvalue weighted by atomic mass is 10.1. The molecule has 0 aliphatic heterocycles. The predicted molar refractivity (Wildman–Crippen MR) is 83.7 cm³/mol. The van der Waals surface area contributed by atoms with Crippen LogP contribution in [0.5, 0.6) is 0 Å². The largest absolute Gasteiger partial charge is 0.325 e. The Balaban J connectivity index is 2.64. The normalized spacial score (nSPS) is 11.9. The summed E-state index contributed by atoms with van der Waals surface area (Å²) in [6.45, 7) is 9.25. The summed E-state index contributed by atoms with van der Waals surface area (Å²) in [5, 5.41) is 6.18. The number of hydrogen-bond acceptors (Lipinski definition) is 3. The Labute approximate surface area is 119 Å². The highest BCUT2D eigenvalue weighted by atomic mass is 32.2. The number of benzene rings is 1. The highest BCUT2D eigenvalue weighted by Gasteiger charge is 2.13. The molecule has 0 aliphatic carbocycles. The number of carbonyl (C=O) groups is 1. The molecule has 0 aromatic heterocycles. The summed E-state index contributed by atoms with van der Waals surface area (Å²) < 4.78 is 0. The standard InChI is InChI=1S/C15H22N2OS/c1-4-10-19-14-9-7-6-8-13(14)17-15(18)12(3)11-16-5-2/h4,6-9,12,16H,1,5,10-11H2,2-3H3,(H,17,18). The Hall–Kier alpha value is -1.26. The third-order valence-corrected chi connectivity index (χ3v) is 3.72. The fourth-order valence-electron chi connectivity index (χ4n) is 1.55. The van der Waals surface area contributed by atoms with Crippen LogP contribution in [0.1, 0.15) is 13.8 Å². The molecule has 0 heterocycles. The number of nitrogens with one attached hydrogen (secondary N) is 2. The summed E-state index contributed by atoms with van der Waals surface area (Å²) >= 11 is 1.67. The van der Waals surface area contributed by atoms with E-state index in [1.54, 1.807) is 11.8 Å². The molecule has 1 rings (SSSR count). The van der Waals surface area contributed by atoms with Gasteiger partial charge in [0.05, 0.1) is 5.69 Å². The monoisotopic (exact) mass is 278 g/mol. The Morgan fingerprint density at radius 2 is 2.21 bits per heavy atom. The fourth-order valence-corrected chi connectivity index (χ4v) is 2.30. The van der Waals surface area contributed by atoms with Crippen LogP contribution in [0.4, 0.5) is 5.69 Å².